The van der Waals surface area contributed by atoms with Crippen molar-refractivity contribution in [3.8, 4) is 0 Å². The Bertz CT molecular complexity index is 443. The summed E-state index contributed by atoms with van der Waals surface area (Å²) in [6.45, 7) is 1.61. The number of ether oxygens (including phenoxy) is 1. The van der Waals surface area contributed by atoms with Crippen LogP contribution >= 0.6 is 15.9 Å². The van der Waals surface area contributed by atoms with Gasteiger partial charge in [0.15, 0.2) is 0 Å². The largest absolute Gasteiger partial charge is 0.575 e. The van der Waals surface area contributed by atoms with Crippen LogP contribution in [0.3, 0.4) is 0 Å². The van der Waals surface area contributed by atoms with Crippen molar-refractivity contribution < 1.29 is 27.1 Å². The molecule has 1 aromatic rings. The molecule has 0 aliphatic rings. The Morgan fingerprint density at radius 3 is 2.47 bits per heavy atom. The van der Waals surface area contributed by atoms with Crippen molar-refractivity contribution in [2.45, 2.75) is 19.7 Å². The first kappa shape index (κ1) is 14.0. The lowest BCUT2D eigenvalue weighted by Gasteiger charge is -2.10. The van der Waals surface area contributed by atoms with Crippen LogP contribution in [0.5, 0.6) is 0 Å². The summed E-state index contributed by atoms with van der Waals surface area (Å²) in [7, 11) is 0. The molecule has 1 aromatic carbocycles. The summed E-state index contributed by atoms with van der Waals surface area (Å²) in [6, 6.07) is 2.34. The fourth-order valence-electron chi connectivity index (χ4n) is 1.21. The van der Waals surface area contributed by atoms with E-state index < -0.39 is 23.7 Å². The molecule has 0 atom stereocenters. The lowest BCUT2D eigenvalue weighted by atomic mass is 10.1. The smallest absolute Gasteiger partial charge is 0.369 e. The van der Waals surface area contributed by atoms with E-state index in [1.54, 1.807) is 6.92 Å². The van der Waals surface area contributed by atoms with Gasteiger partial charge in [0.05, 0.1) is 5.56 Å². The minimum atomic E-state index is -5.13. The van der Waals surface area contributed by atoms with E-state index >= 15 is 0 Å². The quantitative estimate of drug-likeness (QED) is 0.612. The van der Waals surface area contributed by atoms with Crippen molar-refractivity contribution in [1.29, 1.82) is 0 Å². The fraction of sp³-hybridized carbons (Fsp3) is 0.300. The molecule has 0 saturated carbocycles. The monoisotopic (exact) mass is 314 g/mol. The summed E-state index contributed by atoms with van der Waals surface area (Å²) in [4.78, 5) is 11.1. The molecule has 0 aromatic heterocycles. The maximum atomic E-state index is 13.6. The minimum absolute atomic E-state index is 0.133. The van der Waals surface area contributed by atoms with Gasteiger partial charge in [0.2, 0.25) is 0 Å². The molecule has 0 spiro atoms. The average molecular weight is 315 g/mol. The zero-order chi connectivity index (χ0) is 13.2. The number of hydrogen-bond donors (Lipinski definition) is 0. The highest BCUT2D eigenvalue weighted by atomic mass is 79.9. The zero-order valence-electron chi connectivity index (χ0n) is 8.57. The first-order valence-corrected chi connectivity index (χ1v) is 5.32. The van der Waals surface area contributed by atoms with Gasteiger partial charge < -0.3 is 4.74 Å². The van der Waals surface area contributed by atoms with Crippen LogP contribution in [0.15, 0.2) is 16.6 Å². The number of benzene rings is 1. The summed E-state index contributed by atoms with van der Waals surface area (Å²) in [6.07, 6.45) is -4.88. The van der Waals surface area contributed by atoms with E-state index in [1.165, 1.54) is 6.07 Å². The third-order valence-electron chi connectivity index (χ3n) is 1.92. The number of carbonyl (C=O) groups is 1. The van der Waals surface area contributed by atoms with Crippen molar-refractivity contribution in [3.63, 3.8) is 0 Å². The molecule has 0 fully saturated rings. The number of rotatable bonds is 2. The second kappa shape index (κ2) is 5.03. The first-order chi connectivity index (χ1) is 7.74. The molecule has 0 amide bonds. The van der Waals surface area contributed by atoms with E-state index in [0.717, 1.165) is 6.07 Å². The molecule has 17 heavy (non-hydrogen) atoms. The standard InChI is InChI=1S/C10H7BrF4O2/c1-2-5-3-6(11)4-7(8(5)12)9(16)17-10(13,14)15/h3-4H,2H2,1H3. The minimum Gasteiger partial charge on any atom is -0.369 e. The fourth-order valence-corrected chi connectivity index (χ4v) is 1.72. The average Bonchev–Trinajstić information content (AvgIpc) is 2.18. The molecule has 0 aliphatic carbocycles. The van der Waals surface area contributed by atoms with Gasteiger partial charge in [0.25, 0.3) is 0 Å². The molecule has 0 unspecified atom stereocenters. The highest BCUT2D eigenvalue weighted by molar-refractivity contribution is 9.10. The van der Waals surface area contributed by atoms with E-state index in [-0.39, 0.29) is 12.0 Å². The molecular weight excluding hydrogens is 308 g/mol. The van der Waals surface area contributed by atoms with Gasteiger partial charge >= 0.3 is 12.3 Å². The van der Waals surface area contributed by atoms with Crippen molar-refractivity contribution in [3.05, 3.63) is 33.5 Å². The summed E-state index contributed by atoms with van der Waals surface area (Å²) < 4.78 is 52.5. The number of halogens is 5. The van der Waals surface area contributed by atoms with E-state index in [0.29, 0.717) is 4.47 Å². The number of carbonyl (C=O) groups excluding carboxylic acids is 1. The Morgan fingerprint density at radius 2 is 2.00 bits per heavy atom. The van der Waals surface area contributed by atoms with Crippen LogP contribution < -0.4 is 0 Å². The van der Waals surface area contributed by atoms with E-state index in [1.807, 2.05) is 0 Å². The molecule has 0 bridgehead atoms. The molecule has 1 rings (SSSR count). The zero-order valence-corrected chi connectivity index (χ0v) is 10.2. The van der Waals surface area contributed by atoms with Crippen LogP contribution in [-0.2, 0) is 11.2 Å². The molecule has 0 heterocycles. The lowest BCUT2D eigenvalue weighted by molar-refractivity contribution is -0.291. The highest BCUT2D eigenvalue weighted by Crippen LogP contribution is 2.24. The predicted octanol–water partition coefficient (Wildman–Crippen LogP) is 3.83. The van der Waals surface area contributed by atoms with Gasteiger partial charge in [-0.3, -0.25) is 0 Å². The van der Waals surface area contributed by atoms with Crippen LogP contribution in [0.25, 0.3) is 0 Å². The van der Waals surface area contributed by atoms with Crippen LogP contribution in [0.4, 0.5) is 17.6 Å². The summed E-state index contributed by atoms with van der Waals surface area (Å²) in [5.41, 5.74) is -0.609. The van der Waals surface area contributed by atoms with Crippen LogP contribution in [0, 0.1) is 5.82 Å². The van der Waals surface area contributed by atoms with Gasteiger partial charge in [0.1, 0.15) is 5.82 Å². The Labute approximate surface area is 103 Å². The number of esters is 1. The maximum Gasteiger partial charge on any atom is 0.575 e. The van der Waals surface area contributed by atoms with Crippen molar-refractivity contribution in [1.82, 2.24) is 0 Å². The van der Waals surface area contributed by atoms with E-state index in [2.05, 4.69) is 20.7 Å². The Kier molecular flexibility index (Phi) is 4.13. The molecule has 0 radical (unpaired) electrons. The predicted molar refractivity (Wildman–Crippen MR) is 54.9 cm³/mol. The highest BCUT2D eigenvalue weighted by Gasteiger charge is 2.35. The van der Waals surface area contributed by atoms with Gasteiger partial charge in [-0.05, 0) is 24.1 Å². The van der Waals surface area contributed by atoms with Crippen molar-refractivity contribution in [2.75, 3.05) is 0 Å². The summed E-state index contributed by atoms with van der Waals surface area (Å²) >= 11 is 2.98. The molecule has 94 valence electrons. The first-order valence-electron chi connectivity index (χ1n) is 4.52. The molecular formula is C10H7BrF4O2. The molecule has 0 N–H and O–H groups in total. The SMILES string of the molecule is CCc1cc(Br)cc(C(=O)OC(F)(F)F)c1F. The molecule has 0 saturated heterocycles. The van der Waals surface area contributed by atoms with Gasteiger partial charge in [-0.1, -0.05) is 22.9 Å². The van der Waals surface area contributed by atoms with E-state index in [9.17, 15) is 22.4 Å². The van der Waals surface area contributed by atoms with Crippen LogP contribution in [-0.4, -0.2) is 12.3 Å². The Balaban J connectivity index is 3.14. The topological polar surface area (TPSA) is 26.3 Å². The lowest BCUT2D eigenvalue weighted by Crippen LogP contribution is -2.20. The normalized spacial score (nSPS) is 11.4. The van der Waals surface area contributed by atoms with Gasteiger partial charge in [0, 0.05) is 4.47 Å². The van der Waals surface area contributed by atoms with Crippen molar-refractivity contribution >= 4 is 21.9 Å². The van der Waals surface area contributed by atoms with Crippen LogP contribution in [0.1, 0.15) is 22.8 Å². The third-order valence-corrected chi connectivity index (χ3v) is 2.38. The second-order valence-corrected chi connectivity index (χ2v) is 4.03. The molecule has 2 nitrogen and oxygen atoms in total. The van der Waals surface area contributed by atoms with E-state index in [4.69, 9.17) is 0 Å². The number of alkyl halides is 3. The molecule has 7 heteroatoms. The summed E-state index contributed by atoms with van der Waals surface area (Å²) in [5.74, 6) is -2.75. The van der Waals surface area contributed by atoms with Gasteiger partial charge in [-0.25, -0.2) is 9.18 Å². The molecule has 0 aliphatic heterocycles. The number of aryl methyl sites for hydroxylation is 1. The second-order valence-electron chi connectivity index (χ2n) is 3.12. The van der Waals surface area contributed by atoms with Gasteiger partial charge in [-0.15, -0.1) is 13.2 Å². The Hall–Kier alpha value is -1.11. The number of hydrogen-bond acceptors (Lipinski definition) is 2. The van der Waals surface area contributed by atoms with Gasteiger partial charge in [-0.2, -0.15) is 0 Å². The van der Waals surface area contributed by atoms with Crippen LogP contribution in [0.2, 0.25) is 0 Å². The van der Waals surface area contributed by atoms with Crippen molar-refractivity contribution in [2.24, 2.45) is 0 Å². The third kappa shape index (κ3) is 3.69. The Morgan fingerprint density at radius 1 is 1.41 bits per heavy atom. The summed E-state index contributed by atoms with van der Waals surface area (Å²) in [5, 5.41) is 0. The maximum absolute atomic E-state index is 13.6.